The fourth-order valence-electron chi connectivity index (χ4n) is 3.52. The third-order valence-corrected chi connectivity index (χ3v) is 4.86. The Hall–Kier alpha value is -1.04. The van der Waals surface area contributed by atoms with Gasteiger partial charge in [-0.25, -0.2) is 4.39 Å². The molecule has 1 aromatic rings. The van der Waals surface area contributed by atoms with Crippen LogP contribution < -0.4 is 5.73 Å². The minimum absolute atomic E-state index is 0.278. The molecule has 1 atom stereocenters. The molecule has 21 heavy (non-hydrogen) atoms. The highest BCUT2D eigenvalue weighted by Gasteiger charge is 2.29. The topological polar surface area (TPSA) is 32.5 Å². The van der Waals surface area contributed by atoms with Crippen LogP contribution in [0, 0.1) is 5.82 Å². The molecule has 0 spiro atoms. The Morgan fingerprint density at radius 1 is 1.29 bits per heavy atom. The van der Waals surface area contributed by atoms with Crippen molar-refractivity contribution >= 4 is 17.2 Å². The van der Waals surface area contributed by atoms with Crippen LogP contribution in [0.4, 0.5) is 4.39 Å². The largest absolute Gasteiger partial charge is 0.389 e. The summed E-state index contributed by atoms with van der Waals surface area (Å²) in [6.07, 6.45) is 3.89. The van der Waals surface area contributed by atoms with E-state index in [-0.39, 0.29) is 10.8 Å². The van der Waals surface area contributed by atoms with Crippen molar-refractivity contribution < 1.29 is 4.39 Å². The van der Waals surface area contributed by atoms with Crippen LogP contribution in [0.1, 0.15) is 30.4 Å². The summed E-state index contributed by atoms with van der Waals surface area (Å²) in [6, 6.07) is 5.44. The molecule has 0 bridgehead atoms. The van der Waals surface area contributed by atoms with Crippen LogP contribution in [0.15, 0.2) is 18.2 Å². The number of benzene rings is 1. The molecule has 0 radical (unpaired) electrons. The summed E-state index contributed by atoms with van der Waals surface area (Å²) in [5, 5.41) is 0. The Morgan fingerprint density at radius 2 is 2.05 bits per heavy atom. The molecular formula is C16H22FN3S. The number of rotatable bonds is 4. The van der Waals surface area contributed by atoms with Crippen molar-refractivity contribution in [2.45, 2.75) is 31.8 Å². The third-order valence-electron chi connectivity index (χ3n) is 4.64. The summed E-state index contributed by atoms with van der Waals surface area (Å²) in [6.45, 7) is 5.47. The van der Waals surface area contributed by atoms with Gasteiger partial charge in [0.15, 0.2) is 0 Å². The second-order valence-electron chi connectivity index (χ2n) is 6.09. The molecule has 0 aliphatic carbocycles. The maximum atomic E-state index is 13.4. The van der Waals surface area contributed by atoms with E-state index in [1.54, 1.807) is 0 Å². The number of nitrogens with two attached hydrogens (primary N) is 1. The van der Waals surface area contributed by atoms with E-state index in [0.29, 0.717) is 11.6 Å². The molecule has 1 aromatic carbocycles. The van der Waals surface area contributed by atoms with E-state index in [1.807, 2.05) is 6.07 Å². The second-order valence-corrected chi connectivity index (χ2v) is 6.53. The van der Waals surface area contributed by atoms with Gasteiger partial charge in [0.1, 0.15) is 10.8 Å². The standard InChI is InChI=1S/C16H22FN3S/c17-13-4-3-12(15(9-13)16(18)21)10-19-8-5-14(11-19)20-6-1-2-7-20/h3-4,9,14H,1-2,5-8,10-11H2,(H2,18,21). The fraction of sp³-hybridized carbons (Fsp3) is 0.562. The average Bonchev–Trinajstić information content (AvgIpc) is 3.11. The van der Waals surface area contributed by atoms with Crippen molar-refractivity contribution in [1.29, 1.82) is 0 Å². The molecule has 0 amide bonds. The minimum Gasteiger partial charge on any atom is -0.389 e. The predicted molar refractivity (Wildman–Crippen MR) is 86.8 cm³/mol. The van der Waals surface area contributed by atoms with E-state index < -0.39 is 0 Å². The van der Waals surface area contributed by atoms with Crippen molar-refractivity contribution in [3.63, 3.8) is 0 Å². The zero-order chi connectivity index (χ0) is 14.8. The van der Waals surface area contributed by atoms with Gasteiger partial charge in [-0.1, -0.05) is 18.3 Å². The Kier molecular flexibility index (Phi) is 4.52. The summed E-state index contributed by atoms with van der Waals surface area (Å²) in [4.78, 5) is 5.32. The van der Waals surface area contributed by atoms with Gasteiger partial charge in [-0.05, 0) is 50.0 Å². The molecule has 2 aliphatic heterocycles. The monoisotopic (exact) mass is 307 g/mol. The van der Waals surface area contributed by atoms with E-state index in [2.05, 4.69) is 9.80 Å². The lowest BCUT2D eigenvalue weighted by atomic mass is 10.1. The summed E-state index contributed by atoms with van der Waals surface area (Å²) >= 11 is 5.05. The van der Waals surface area contributed by atoms with Crippen molar-refractivity contribution in [3.05, 3.63) is 35.1 Å². The lowest BCUT2D eigenvalue weighted by molar-refractivity contribution is 0.230. The normalized spacial score (nSPS) is 23.8. The lowest BCUT2D eigenvalue weighted by Gasteiger charge is -2.24. The van der Waals surface area contributed by atoms with Crippen LogP contribution in [-0.4, -0.2) is 47.0 Å². The van der Waals surface area contributed by atoms with E-state index in [4.69, 9.17) is 18.0 Å². The highest BCUT2D eigenvalue weighted by atomic mass is 32.1. The van der Waals surface area contributed by atoms with Gasteiger partial charge < -0.3 is 5.73 Å². The summed E-state index contributed by atoms with van der Waals surface area (Å²) in [7, 11) is 0. The molecule has 0 aromatic heterocycles. The summed E-state index contributed by atoms with van der Waals surface area (Å²) in [5.74, 6) is -0.280. The van der Waals surface area contributed by atoms with Crippen LogP contribution in [-0.2, 0) is 6.54 Å². The van der Waals surface area contributed by atoms with E-state index in [9.17, 15) is 4.39 Å². The highest BCUT2D eigenvalue weighted by Crippen LogP contribution is 2.23. The smallest absolute Gasteiger partial charge is 0.123 e. The van der Waals surface area contributed by atoms with Gasteiger partial charge in [0.2, 0.25) is 0 Å². The number of hydrogen-bond donors (Lipinski definition) is 1. The molecule has 2 aliphatic rings. The second kappa shape index (κ2) is 6.38. The zero-order valence-corrected chi connectivity index (χ0v) is 13.0. The van der Waals surface area contributed by atoms with Gasteiger partial charge in [0.05, 0.1) is 0 Å². The lowest BCUT2D eigenvalue weighted by Crippen LogP contribution is -2.35. The Balaban J connectivity index is 1.66. The fourth-order valence-corrected chi connectivity index (χ4v) is 3.71. The highest BCUT2D eigenvalue weighted by molar-refractivity contribution is 7.80. The Labute approximate surface area is 130 Å². The minimum atomic E-state index is -0.280. The first kappa shape index (κ1) is 14.9. The van der Waals surface area contributed by atoms with E-state index in [1.165, 1.54) is 44.5 Å². The van der Waals surface area contributed by atoms with Gasteiger partial charge in [-0.15, -0.1) is 0 Å². The zero-order valence-electron chi connectivity index (χ0n) is 12.2. The number of halogens is 1. The molecule has 1 unspecified atom stereocenters. The van der Waals surface area contributed by atoms with E-state index in [0.717, 1.165) is 25.2 Å². The number of thiocarbonyl (C=S) groups is 1. The maximum Gasteiger partial charge on any atom is 0.123 e. The van der Waals surface area contributed by atoms with Crippen molar-refractivity contribution in [1.82, 2.24) is 9.80 Å². The quantitative estimate of drug-likeness (QED) is 0.864. The number of hydrogen-bond acceptors (Lipinski definition) is 3. The number of likely N-dealkylation sites (tertiary alicyclic amines) is 2. The molecule has 0 saturated carbocycles. The van der Waals surface area contributed by atoms with Gasteiger partial charge >= 0.3 is 0 Å². The molecule has 3 rings (SSSR count). The average molecular weight is 307 g/mol. The van der Waals surface area contributed by atoms with Gasteiger partial charge in [-0.2, -0.15) is 0 Å². The molecule has 2 fully saturated rings. The third kappa shape index (κ3) is 3.42. The molecule has 5 heteroatoms. The van der Waals surface area contributed by atoms with Crippen LogP contribution in [0.2, 0.25) is 0 Å². The van der Waals surface area contributed by atoms with Crippen LogP contribution in [0.3, 0.4) is 0 Å². The van der Waals surface area contributed by atoms with Crippen molar-refractivity contribution in [2.75, 3.05) is 26.2 Å². The van der Waals surface area contributed by atoms with Crippen LogP contribution in [0.25, 0.3) is 0 Å². The van der Waals surface area contributed by atoms with Gasteiger partial charge in [0.25, 0.3) is 0 Å². The Morgan fingerprint density at radius 3 is 2.76 bits per heavy atom. The first-order valence-electron chi connectivity index (χ1n) is 7.68. The van der Waals surface area contributed by atoms with Crippen molar-refractivity contribution in [2.24, 2.45) is 5.73 Å². The van der Waals surface area contributed by atoms with Crippen molar-refractivity contribution in [3.8, 4) is 0 Å². The predicted octanol–water partition coefficient (Wildman–Crippen LogP) is 2.13. The molecular weight excluding hydrogens is 285 g/mol. The first-order chi connectivity index (χ1) is 10.1. The van der Waals surface area contributed by atoms with Gasteiger partial charge in [-0.3, -0.25) is 9.80 Å². The maximum absolute atomic E-state index is 13.4. The van der Waals surface area contributed by atoms with Crippen LogP contribution >= 0.6 is 12.2 Å². The summed E-state index contributed by atoms with van der Waals surface area (Å²) in [5.41, 5.74) is 7.43. The molecule has 2 saturated heterocycles. The summed E-state index contributed by atoms with van der Waals surface area (Å²) < 4.78 is 13.4. The molecule has 2 N–H and O–H groups in total. The SMILES string of the molecule is NC(=S)c1cc(F)ccc1CN1CCC(N2CCCC2)C1. The number of nitrogens with zero attached hydrogens (tertiary/aromatic N) is 2. The van der Waals surface area contributed by atoms with Crippen LogP contribution in [0.5, 0.6) is 0 Å². The van der Waals surface area contributed by atoms with Gasteiger partial charge in [0, 0.05) is 31.2 Å². The molecule has 114 valence electrons. The first-order valence-corrected chi connectivity index (χ1v) is 8.09. The Bertz CT molecular complexity index is 528. The van der Waals surface area contributed by atoms with E-state index >= 15 is 0 Å². The molecule has 2 heterocycles. The molecule has 3 nitrogen and oxygen atoms in total.